The van der Waals surface area contributed by atoms with Crippen LogP contribution in [0.2, 0.25) is 0 Å². The molecule has 810 valence electrons. The molecule has 100 heavy (non-hydrogen) atoms. The van der Waals surface area contributed by atoms with Gasteiger partial charge in [-0.15, -0.1) is 0 Å². The normalized spacial score (nSPS) is 0. The Morgan fingerprint density at radius 1 is 0.0200 bits per heavy atom. The molecule has 0 saturated heterocycles. The van der Waals surface area contributed by atoms with Crippen molar-refractivity contribution in [2.45, 2.75) is 0 Å². The van der Waals surface area contributed by atoms with Gasteiger partial charge >= 0.3 is 171 Å². The molecular weight excluding hydrogens is 3520 g/mol. The van der Waals surface area contributed by atoms with Gasteiger partial charge < -0.3 is 1210 Å². The number of rotatable bonds is 0. The Labute approximate surface area is 1350 Å². The average molecular weight is 3520 g/mol. The van der Waals surface area contributed by atoms with Gasteiger partial charge in [-0.2, -0.15) is 0 Å². The Kier molecular flexibility index (Phi) is 34200. The maximum Gasteiger partial charge on any atom is 2.00 e. The Morgan fingerprint density at radius 3 is 0.0200 bits per heavy atom. The summed E-state index contributed by atoms with van der Waals surface area (Å²) in [4.78, 5) is 0. The second kappa shape index (κ2) is 1830. The van der Waals surface area contributed by atoms with Crippen molar-refractivity contribution in [1.82, 2.24) is 0 Å². The van der Waals surface area contributed by atoms with Gasteiger partial charge in [-0.25, -0.2) is 0 Å². The topological polar surface area (TPSA) is 0 Å². The van der Waals surface area contributed by atoms with E-state index >= 15 is 0 Å². The standard InChI is InChI=1S/10Cu.90S/q10*+2;90*-2. The summed E-state index contributed by atoms with van der Waals surface area (Å²) >= 11 is 0. The summed E-state index contributed by atoms with van der Waals surface area (Å²) in [5, 5.41) is 0. The zero-order valence-corrected chi connectivity index (χ0v) is 123. The first kappa shape index (κ1) is 1870. The van der Waals surface area contributed by atoms with E-state index in [0.29, 0.717) is 0 Å². The van der Waals surface area contributed by atoms with Crippen molar-refractivity contribution in [3.05, 3.63) is 0 Å². The molecule has 0 aromatic carbocycles. The molecule has 0 unspecified atom stereocenters. The molecule has 0 aromatic rings. The summed E-state index contributed by atoms with van der Waals surface area (Å²) < 4.78 is 0. The van der Waals surface area contributed by atoms with Crippen molar-refractivity contribution < 1.29 is 171 Å². The Balaban J connectivity index is 0. The van der Waals surface area contributed by atoms with Crippen LogP contribution in [0.3, 0.4) is 0 Å². The van der Waals surface area contributed by atoms with E-state index in [1.165, 1.54) is 0 Å². The van der Waals surface area contributed by atoms with Crippen molar-refractivity contribution in [1.29, 1.82) is 0 Å². The molecule has 0 aromatic heterocycles. The molecule has 0 aliphatic carbocycles. The summed E-state index contributed by atoms with van der Waals surface area (Å²) in [6, 6.07) is 0. The maximum absolute atomic E-state index is 0. The molecule has 0 spiro atoms. The quantitative estimate of drug-likeness (QED) is 0.295. The van der Waals surface area contributed by atoms with Crippen molar-refractivity contribution in [3.8, 4) is 0 Å². The second-order valence-corrected chi connectivity index (χ2v) is 0. The van der Waals surface area contributed by atoms with Crippen LogP contribution in [0.5, 0.6) is 0 Å². The van der Waals surface area contributed by atoms with Crippen molar-refractivity contribution >= 4 is 1210 Å². The van der Waals surface area contributed by atoms with Crippen LogP contribution in [0.4, 0.5) is 0 Å². The van der Waals surface area contributed by atoms with Crippen LogP contribution in [0.15, 0.2) is 0 Å². The molecule has 0 amide bonds. The molecule has 0 atom stereocenters. The van der Waals surface area contributed by atoms with Gasteiger partial charge in [-0.05, 0) is 0 Å². The van der Waals surface area contributed by atoms with E-state index in [2.05, 4.69) is 0 Å². The predicted molar refractivity (Wildman–Crippen MR) is 663 cm³/mol. The van der Waals surface area contributed by atoms with Crippen LogP contribution in [0.1, 0.15) is 0 Å². The molecule has 0 bridgehead atoms. The molecule has 0 aliphatic rings. The summed E-state index contributed by atoms with van der Waals surface area (Å²) in [7, 11) is 0. The predicted octanol–water partition coefficient (Wildman–Crippen LogP) is -0.241. The van der Waals surface area contributed by atoms with Crippen LogP contribution < -0.4 is 0 Å². The van der Waals surface area contributed by atoms with Crippen molar-refractivity contribution in [3.63, 3.8) is 0 Å². The third-order valence-corrected chi connectivity index (χ3v) is 0. The van der Waals surface area contributed by atoms with E-state index in [-0.39, 0.29) is 1390 Å². The molecule has 0 aliphatic heterocycles. The van der Waals surface area contributed by atoms with Gasteiger partial charge in [0.25, 0.3) is 0 Å². The molecule has 0 rings (SSSR count). The fraction of sp³-hybridized carbons (Fsp3) is 0. The first-order valence-corrected chi connectivity index (χ1v) is 0. The first-order chi connectivity index (χ1) is 0. The van der Waals surface area contributed by atoms with Crippen LogP contribution in [-0.4, -0.2) is 0 Å². The average Bonchev–Trinajstić information content (AvgIpc) is 0. The molecule has 0 fully saturated rings. The van der Waals surface area contributed by atoms with E-state index < -0.39 is 0 Å². The Bertz CT molecular complexity index is 46.9. The molecule has 0 N–H and O–H groups in total. The van der Waals surface area contributed by atoms with Crippen molar-refractivity contribution in [2.24, 2.45) is 0 Å². The summed E-state index contributed by atoms with van der Waals surface area (Å²) in [6.07, 6.45) is 0. The molecule has 0 heterocycles. The molecule has 100 heteroatoms. The summed E-state index contributed by atoms with van der Waals surface area (Å²) in [5.41, 5.74) is 0. The van der Waals surface area contributed by atoms with Gasteiger partial charge in [0.15, 0.2) is 0 Å². The zero-order chi connectivity index (χ0) is 0. The van der Waals surface area contributed by atoms with E-state index in [0.717, 1.165) is 0 Å². The van der Waals surface area contributed by atoms with Gasteiger partial charge in [0.1, 0.15) is 0 Å². The van der Waals surface area contributed by atoms with E-state index in [4.69, 9.17) is 0 Å². The van der Waals surface area contributed by atoms with Crippen molar-refractivity contribution in [2.75, 3.05) is 0 Å². The monoisotopic (exact) mass is 3510 g/mol. The summed E-state index contributed by atoms with van der Waals surface area (Å²) in [5.74, 6) is 0. The third-order valence-electron chi connectivity index (χ3n) is 0. The van der Waals surface area contributed by atoms with E-state index in [1.54, 1.807) is 0 Å². The molecule has 10 radical (unpaired) electrons. The fourth-order valence-corrected chi connectivity index (χ4v) is 0. The smallest absolute Gasteiger partial charge is 2.00 e. The van der Waals surface area contributed by atoms with Gasteiger partial charge in [0.2, 0.25) is 0 Å². The fourth-order valence-electron chi connectivity index (χ4n) is 0. The Morgan fingerprint density at radius 2 is 0.0200 bits per heavy atom. The molecule has 0 nitrogen and oxygen atoms in total. The number of hydrogen-bond acceptors (Lipinski definition) is 0. The minimum Gasteiger partial charge on any atom is -2.00 e. The van der Waals surface area contributed by atoms with Crippen LogP contribution >= 0.6 is 0 Å². The zero-order valence-electron chi connectivity index (χ0n) is 39.8. The van der Waals surface area contributed by atoms with Gasteiger partial charge in [-0.1, -0.05) is 0 Å². The second-order valence-electron chi connectivity index (χ2n) is 0. The molecular formula is Cu10S90-160. The van der Waals surface area contributed by atoms with Crippen LogP contribution in [-0.2, 0) is 1390 Å². The van der Waals surface area contributed by atoms with E-state index in [9.17, 15) is 0 Å². The van der Waals surface area contributed by atoms with Gasteiger partial charge in [0.05, 0.1) is 0 Å². The largest absolute Gasteiger partial charge is 2.00 e. The SMILES string of the molecule is [Cu+2].[Cu+2].[Cu+2].[Cu+2].[Cu+2].[Cu+2].[Cu+2].[Cu+2].[Cu+2].[Cu+2].[S-2].[S-2].[S-2].[S-2].[S-2].[S-2].[S-2].[S-2].[S-2].[S-2].[S-2].[S-2].[S-2].[S-2].[S-2].[S-2].[S-2].[S-2].[S-2].[S-2].[S-2].[S-2].[S-2].[S-2].[S-2].[S-2].[S-2].[S-2].[S-2].[S-2].[S-2].[S-2].[S-2].[S-2].[S-2].[S-2].[S-2].[S-2].[S-2].[S-2].[S-2].[S-2].[S-2].[S-2].[S-2].[S-2].[S-2].[S-2].[S-2].[S-2].[S-2].[S-2].[S-2].[S-2].[S-2].[S-2].[S-2].[S-2].[S-2].[S-2].[S-2].[S-2].[S-2].[S-2].[S-2].[S-2].[S-2].[S-2].[S-2].[S-2].[S-2].[S-2].[S-2].[S-2].[S-2].[S-2].[S-2].[S-2].[S-2].[S-2].[S-2].[S-2].[S-2].[S-2].[S-2].[S-2].[S-2].[S-2].[S-2].[S-2]. The maximum atomic E-state index is 0. The minimum absolute atomic E-state index is 0. The minimum atomic E-state index is 0. The van der Waals surface area contributed by atoms with Gasteiger partial charge in [0, 0.05) is 0 Å². The third kappa shape index (κ3) is 1790. The van der Waals surface area contributed by atoms with Crippen LogP contribution in [0.25, 0.3) is 0 Å². The first-order valence-electron chi connectivity index (χ1n) is 0. The summed E-state index contributed by atoms with van der Waals surface area (Å²) in [6.45, 7) is 0. The Hall–Kier alpha value is 36.7. The van der Waals surface area contributed by atoms with Gasteiger partial charge in [-0.3, -0.25) is 0 Å². The molecule has 0 saturated carbocycles. The van der Waals surface area contributed by atoms with E-state index in [1.807, 2.05) is 0 Å². The number of hydrogen-bond donors (Lipinski definition) is 0. The van der Waals surface area contributed by atoms with Crippen LogP contribution in [0, 0.1) is 0 Å².